The van der Waals surface area contributed by atoms with Crippen molar-refractivity contribution in [2.45, 2.75) is 6.92 Å². The molecule has 24 heavy (non-hydrogen) atoms. The molecular formula is C22H16BrN. The highest BCUT2D eigenvalue weighted by Gasteiger charge is 2.05. The van der Waals surface area contributed by atoms with Gasteiger partial charge in [-0.15, -0.1) is 0 Å². The van der Waals surface area contributed by atoms with Crippen molar-refractivity contribution in [3.8, 4) is 0 Å². The van der Waals surface area contributed by atoms with Crippen LogP contribution in [0.25, 0.3) is 21.5 Å². The van der Waals surface area contributed by atoms with Crippen LogP contribution in [0.1, 0.15) is 11.1 Å². The predicted molar refractivity (Wildman–Crippen MR) is 108 cm³/mol. The molecule has 0 spiro atoms. The lowest BCUT2D eigenvalue weighted by molar-refractivity contribution is 1.39. The average molecular weight is 374 g/mol. The smallest absolute Gasteiger partial charge is 0.0659 e. The Hall–Kier alpha value is -2.45. The lowest BCUT2D eigenvalue weighted by Gasteiger charge is -2.08. The van der Waals surface area contributed by atoms with Crippen molar-refractivity contribution in [3.63, 3.8) is 0 Å². The summed E-state index contributed by atoms with van der Waals surface area (Å²) in [6, 6.07) is 25.4. The molecule has 0 saturated heterocycles. The highest BCUT2D eigenvalue weighted by Crippen LogP contribution is 2.28. The van der Waals surface area contributed by atoms with Gasteiger partial charge in [0, 0.05) is 16.3 Å². The van der Waals surface area contributed by atoms with Crippen molar-refractivity contribution >= 4 is 49.4 Å². The third-order valence-corrected chi connectivity index (χ3v) is 4.80. The van der Waals surface area contributed by atoms with Crippen LogP contribution in [0.3, 0.4) is 0 Å². The lowest BCUT2D eigenvalue weighted by Crippen LogP contribution is -1.88. The number of nitrogens with zero attached hydrogens (tertiary/aromatic N) is 1. The average Bonchev–Trinajstić information content (AvgIpc) is 2.60. The minimum atomic E-state index is 0.996. The van der Waals surface area contributed by atoms with Gasteiger partial charge < -0.3 is 0 Å². The van der Waals surface area contributed by atoms with Crippen LogP contribution in [-0.4, -0.2) is 6.21 Å². The Morgan fingerprint density at radius 3 is 2.04 bits per heavy atom. The van der Waals surface area contributed by atoms with E-state index in [0.717, 1.165) is 15.7 Å². The zero-order valence-corrected chi connectivity index (χ0v) is 14.9. The molecule has 0 saturated carbocycles. The molecule has 0 aromatic heterocycles. The van der Waals surface area contributed by atoms with E-state index in [1.54, 1.807) is 0 Å². The standard InChI is InChI=1S/C22H16BrN/c1-15-12-18(23)10-11-22(15)24-14-21-19-8-4-2-6-16(19)13-17-7-3-5-9-20(17)21/h2-14H,1H3. The minimum absolute atomic E-state index is 0.996. The molecule has 0 aliphatic rings. The molecule has 0 aliphatic carbocycles. The summed E-state index contributed by atoms with van der Waals surface area (Å²) in [6.45, 7) is 2.08. The van der Waals surface area contributed by atoms with E-state index in [9.17, 15) is 0 Å². The zero-order valence-electron chi connectivity index (χ0n) is 13.3. The largest absolute Gasteiger partial charge is 0.256 e. The van der Waals surface area contributed by atoms with Gasteiger partial charge >= 0.3 is 0 Å². The van der Waals surface area contributed by atoms with Gasteiger partial charge in [-0.3, -0.25) is 4.99 Å². The number of aliphatic imine (C=N–C) groups is 1. The number of hydrogen-bond donors (Lipinski definition) is 0. The van der Waals surface area contributed by atoms with Crippen LogP contribution in [0.4, 0.5) is 5.69 Å². The second-order valence-electron chi connectivity index (χ2n) is 5.92. The van der Waals surface area contributed by atoms with Crippen LogP contribution in [0.5, 0.6) is 0 Å². The Bertz CT molecular complexity index is 1030. The first-order valence-electron chi connectivity index (χ1n) is 7.93. The highest BCUT2D eigenvalue weighted by atomic mass is 79.9. The first-order chi connectivity index (χ1) is 11.7. The third kappa shape index (κ3) is 2.74. The highest BCUT2D eigenvalue weighted by molar-refractivity contribution is 9.10. The number of rotatable bonds is 2. The molecule has 0 unspecified atom stereocenters. The van der Waals surface area contributed by atoms with Crippen molar-refractivity contribution in [1.82, 2.24) is 0 Å². The number of hydrogen-bond acceptors (Lipinski definition) is 1. The molecule has 116 valence electrons. The fraction of sp³-hybridized carbons (Fsp3) is 0.0455. The van der Waals surface area contributed by atoms with Gasteiger partial charge in [-0.1, -0.05) is 64.5 Å². The molecule has 0 aliphatic heterocycles. The SMILES string of the molecule is Cc1cc(Br)ccc1N=Cc1c2ccccc2cc2ccccc12. The van der Waals surface area contributed by atoms with Gasteiger partial charge in [-0.05, 0) is 58.3 Å². The third-order valence-electron chi connectivity index (χ3n) is 4.30. The summed E-state index contributed by atoms with van der Waals surface area (Å²) < 4.78 is 1.08. The van der Waals surface area contributed by atoms with E-state index in [0.29, 0.717) is 0 Å². The second-order valence-corrected chi connectivity index (χ2v) is 6.84. The lowest BCUT2D eigenvalue weighted by atomic mass is 9.97. The quantitative estimate of drug-likeness (QED) is 0.270. The number of aryl methyl sites for hydroxylation is 1. The van der Waals surface area contributed by atoms with Crippen molar-refractivity contribution in [3.05, 3.63) is 88.4 Å². The molecule has 2 heteroatoms. The van der Waals surface area contributed by atoms with Gasteiger partial charge in [0.1, 0.15) is 0 Å². The van der Waals surface area contributed by atoms with E-state index in [1.807, 2.05) is 18.3 Å². The molecule has 4 aromatic rings. The maximum absolute atomic E-state index is 4.77. The summed E-state index contributed by atoms with van der Waals surface area (Å²) in [7, 11) is 0. The van der Waals surface area contributed by atoms with Crippen molar-refractivity contribution in [2.75, 3.05) is 0 Å². The van der Waals surface area contributed by atoms with E-state index < -0.39 is 0 Å². The van der Waals surface area contributed by atoms with E-state index in [1.165, 1.54) is 27.1 Å². The Morgan fingerprint density at radius 2 is 1.42 bits per heavy atom. The number of halogens is 1. The molecule has 0 fully saturated rings. The molecule has 0 N–H and O–H groups in total. The fourth-order valence-electron chi connectivity index (χ4n) is 3.09. The Kier molecular flexibility index (Phi) is 3.91. The van der Waals surface area contributed by atoms with Gasteiger partial charge in [0.05, 0.1) is 5.69 Å². The minimum Gasteiger partial charge on any atom is -0.256 e. The van der Waals surface area contributed by atoms with Crippen molar-refractivity contribution in [1.29, 1.82) is 0 Å². The first kappa shape index (κ1) is 15.1. The molecule has 0 amide bonds. The van der Waals surface area contributed by atoms with E-state index in [-0.39, 0.29) is 0 Å². The van der Waals surface area contributed by atoms with Gasteiger partial charge in [0.25, 0.3) is 0 Å². The Morgan fingerprint density at radius 1 is 0.792 bits per heavy atom. The van der Waals surface area contributed by atoms with Crippen LogP contribution in [-0.2, 0) is 0 Å². The van der Waals surface area contributed by atoms with E-state index >= 15 is 0 Å². The van der Waals surface area contributed by atoms with Crippen LogP contribution in [0, 0.1) is 6.92 Å². The van der Waals surface area contributed by atoms with Crippen LogP contribution in [0.15, 0.2) is 82.3 Å². The number of benzene rings is 4. The molecular weight excluding hydrogens is 358 g/mol. The maximum atomic E-state index is 4.77. The normalized spacial score (nSPS) is 11.6. The summed E-state index contributed by atoms with van der Waals surface area (Å²) in [6.07, 6.45) is 2.00. The van der Waals surface area contributed by atoms with Crippen molar-refractivity contribution in [2.24, 2.45) is 4.99 Å². The van der Waals surface area contributed by atoms with E-state index in [4.69, 9.17) is 4.99 Å². The van der Waals surface area contributed by atoms with Crippen LogP contribution < -0.4 is 0 Å². The molecule has 1 nitrogen and oxygen atoms in total. The van der Waals surface area contributed by atoms with Gasteiger partial charge in [-0.25, -0.2) is 0 Å². The molecule has 0 bridgehead atoms. The topological polar surface area (TPSA) is 12.4 Å². The van der Waals surface area contributed by atoms with Crippen LogP contribution >= 0.6 is 15.9 Å². The molecule has 0 radical (unpaired) electrons. The monoisotopic (exact) mass is 373 g/mol. The zero-order chi connectivity index (χ0) is 16.5. The molecule has 0 heterocycles. The summed E-state index contributed by atoms with van der Waals surface area (Å²) in [5.74, 6) is 0. The first-order valence-corrected chi connectivity index (χ1v) is 8.72. The summed E-state index contributed by atoms with van der Waals surface area (Å²) in [5.41, 5.74) is 3.33. The maximum Gasteiger partial charge on any atom is 0.0659 e. The summed E-state index contributed by atoms with van der Waals surface area (Å²) in [5, 5.41) is 4.94. The molecule has 0 atom stereocenters. The van der Waals surface area contributed by atoms with Crippen LogP contribution in [0.2, 0.25) is 0 Å². The molecule has 4 aromatic carbocycles. The second kappa shape index (κ2) is 6.21. The molecule has 4 rings (SSSR count). The number of fused-ring (bicyclic) bond motifs is 2. The Labute approximate surface area is 149 Å². The summed E-state index contributed by atoms with van der Waals surface area (Å²) in [4.78, 5) is 4.77. The van der Waals surface area contributed by atoms with Gasteiger partial charge in [0.15, 0.2) is 0 Å². The predicted octanol–water partition coefficient (Wildman–Crippen LogP) is 6.81. The summed E-state index contributed by atoms with van der Waals surface area (Å²) >= 11 is 3.51. The van der Waals surface area contributed by atoms with Gasteiger partial charge in [0.2, 0.25) is 0 Å². The van der Waals surface area contributed by atoms with Crippen molar-refractivity contribution < 1.29 is 0 Å². The van der Waals surface area contributed by atoms with Gasteiger partial charge in [-0.2, -0.15) is 0 Å². The fourth-order valence-corrected chi connectivity index (χ4v) is 3.56. The van der Waals surface area contributed by atoms with E-state index in [2.05, 4.69) is 83.5 Å². The Balaban J connectivity index is 1.95.